The first kappa shape index (κ1) is 22.3. The van der Waals surface area contributed by atoms with E-state index in [-0.39, 0.29) is 5.41 Å². The highest BCUT2D eigenvalue weighted by Crippen LogP contribution is 2.60. The average molecular weight is 485 g/mol. The summed E-state index contributed by atoms with van der Waals surface area (Å²) in [5, 5.41) is 5.68. The van der Waals surface area contributed by atoms with Crippen LogP contribution in [0.5, 0.6) is 0 Å². The molecule has 0 radical (unpaired) electrons. The number of rotatable bonds is 5. The van der Waals surface area contributed by atoms with Gasteiger partial charge in [0.25, 0.3) is 0 Å². The van der Waals surface area contributed by atoms with Gasteiger partial charge in [0.2, 0.25) is 5.91 Å². The van der Waals surface area contributed by atoms with Crippen LogP contribution >= 0.6 is 0 Å². The normalized spacial score (nSPS) is 29.3. The molecule has 4 saturated carbocycles. The maximum Gasteiger partial charge on any atom is 0.228 e. The Bertz CT molecular complexity index is 1240. The predicted octanol–water partition coefficient (Wildman–Crippen LogP) is 4.63. The van der Waals surface area contributed by atoms with Crippen molar-refractivity contribution in [1.29, 1.82) is 0 Å². The number of fused-ring (bicyclic) bond motifs is 1. The number of amides is 1. The molecule has 0 unspecified atom stereocenters. The van der Waals surface area contributed by atoms with Crippen molar-refractivity contribution in [3.63, 3.8) is 0 Å². The molecule has 4 aliphatic carbocycles. The monoisotopic (exact) mass is 484 g/mol. The van der Waals surface area contributed by atoms with E-state index in [0.29, 0.717) is 5.91 Å². The van der Waals surface area contributed by atoms with E-state index in [4.69, 9.17) is 15.1 Å². The summed E-state index contributed by atoms with van der Waals surface area (Å²) in [6.07, 6.45) is 11.3. The van der Waals surface area contributed by atoms with Crippen LogP contribution in [0.3, 0.4) is 0 Å². The van der Waals surface area contributed by atoms with Gasteiger partial charge < -0.3 is 9.80 Å². The quantitative estimate of drug-likeness (QED) is 0.528. The second kappa shape index (κ2) is 8.56. The van der Waals surface area contributed by atoms with Crippen LogP contribution in [0.4, 0.5) is 5.82 Å². The Morgan fingerprint density at radius 3 is 2.25 bits per heavy atom. The fourth-order valence-corrected chi connectivity index (χ4v) is 8.10. The number of piperazine rings is 1. The van der Waals surface area contributed by atoms with Crippen LogP contribution < -0.4 is 4.90 Å². The molecule has 1 aromatic carbocycles. The highest BCUT2D eigenvalue weighted by Gasteiger charge is 2.55. The minimum absolute atomic E-state index is 0.0514. The largest absolute Gasteiger partial charge is 0.352 e. The fraction of sp³-hybridized carbons (Fsp3) is 0.586. The Kier molecular flexibility index (Phi) is 5.29. The van der Waals surface area contributed by atoms with Gasteiger partial charge in [-0.05, 0) is 74.8 Å². The third-order valence-corrected chi connectivity index (χ3v) is 9.29. The Morgan fingerprint density at radius 2 is 1.61 bits per heavy atom. The molecule has 0 atom stereocenters. The summed E-state index contributed by atoms with van der Waals surface area (Å²) in [5.74, 6) is 4.69. The molecule has 0 spiro atoms. The van der Waals surface area contributed by atoms with Crippen LogP contribution in [0, 0.1) is 23.2 Å². The molecular weight excluding hydrogens is 448 g/mol. The molecule has 5 fully saturated rings. The second-order valence-corrected chi connectivity index (χ2v) is 11.8. The number of hydrogen-bond acceptors (Lipinski definition) is 5. The molecule has 36 heavy (non-hydrogen) atoms. The number of benzene rings is 1. The summed E-state index contributed by atoms with van der Waals surface area (Å²) in [6, 6.07) is 10.2. The lowest BCUT2D eigenvalue weighted by Gasteiger charge is -2.57. The van der Waals surface area contributed by atoms with Crippen molar-refractivity contribution in [3.8, 4) is 5.69 Å². The number of nitrogens with zero attached hydrogens (tertiary/aromatic N) is 6. The summed E-state index contributed by atoms with van der Waals surface area (Å²) in [6.45, 7) is 5.35. The van der Waals surface area contributed by atoms with Gasteiger partial charge in [-0.15, -0.1) is 0 Å². The number of para-hydroxylation sites is 1. The van der Waals surface area contributed by atoms with E-state index in [2.05, 4.69) is 28.9 Å². The van der Waals surface area contributed by atoms with E-state index in [1.54, 1.807) is 0 Å². The predicted molar refractivity (Wildman–Crippen MR) is 140 cm³/mol. The van der Waals surface area contributed by atoms with Crippen molar-refractivity contribution < 1.29 is 4.79 Å². The number of carbonyl (C=O) groups excluding carboxylic acids is 1. The smallest absolute Gasteiger partial charge is 0.228 e. The SMILES string of the molecule is CCCc1nc(N2CCN(C(=O)C34CC5CC(CC(C5)C3)C4)CC2)c2cnn(-c3ccccc3)c2n1. The van der Waals surface area contributed by atoms with Crippen molar-refractivity contribution in [2.45, 2.75) is 58.3 Å². The van der Waals surface area contributed by atoms with Gasteiger partial charge in [0, 0.05) is 32.6 Å². The first-order valence-electron chi connectivity index (χ1n) is 14.0. The molecule has 4 bridgehead atoms. The Hall–Kier alpha value is -2.96. The van der Waals surface area contributed by atoms with Crippen molar-refractivity contribution in [2.24, 2.45) is 23.2 Å². The third-order valence-electron chi connectivity index (χ3n) is 9.29. The molecule has 3 aromatic rings. The highest BCUT2D eigenvalue weighted by molar-refractivity contribution is 5.88. The summed E-state index contributed by atoms with van der Waals surface area (Å²) in [4.78, 5) is 28.3. The zero-order valence-electron chi connectivity index (χ0n) is 21.3. The first-order chi connectivity index (χ1) is 17.6. The van der Waals surface area contributed by atoms with E-state index in [9.17, 15) is 4.79 Å². The maximum atomic E-state index is 13.9. The van der Waals surface area contributed by atoms with Gasteiger partial charge in [-0.25, -0.2) is 14.6 Å². The number of aromatic nitrogens is 4. The van der Waals surface area contributed by atoms with Crippen LogP contribution in [0.25, 0.3) is 16.7 Å². The molecule has 1 amide bonds. The summed E-state index contributed by atoms with van der Waals surface area (Å²) < 4.78 is 1.92. The highest BCUT2D eigenvalue weighted by atomic mass is 16.2. The van der Waals surface area contributed by atoms with Gasteiger partial charge >= 0.3 is 0 Å². The molecule has 8 rings (SSSR count). The lowest BCUT2D eigenvalue weighted by molar-refractivity contribution is -0.158. The molecule has 7 heteroatoms. The Labute approximate surface area is 212 Å². The minimum atomic E-state index is -0.0514. The van der Waals surface area contributed by atoms with Gasteiger partial charge in [0.15, 0.2) is 5.65 Å². The topological polar surface area (TPSA) is 67.2 Å². The van der Waals surface area contributed by atoms with Crippen LogP contribution in [0.2, 0.25) is 0 Å². The van der Waals surface area contributed by atoms with E-state index in [0.717, 1.165) is 104 Å². The zero-order chi connectivity index (χ0) is 24.3. The van der Waals surface area contributed by atoms with Gasteiger partial charge in [-0.1, -0.05) is 25.1 Å². The first-order valence-corrected chi connectivity index (χ1v) is 14.0. The molecule has 1 saturated heterocycles. The number of anilines is 1. The molecule has 2 aromatic heterocycles. The molecule has 1 aliphatic heterocycles. The van der Waals surface area contributed by atoms with Crippen molar-refractivity contribution in [1.82, 2.24) is 24.6 Å². The lowest BCUT2D eigenvalue weighted by Crippen LogP contribution is -2.58. The number of carbonyl (C=O) groups is 1. The van der Waals surface area contributed by atoms with Crippen LogP contribution in [-0.4, -0.2) is 56.7 Å². The van der Waals surface area contributed by atoms with E-state index < -0.39 is 0 Å². The summed E-state index contributed by atoms with van der Waals surface area (Å²) in [7, 11) is 0. The van der Waals surface area contributed by atoms with Gasteiger partial charge in [-0.3, -0.25) is 4.79 Å². The number of hydrogen-bond donors (Lipinski definition) is 0. The minimum Gasteiger partial charge on any atom is -0.352 e. The molecule has 5 aliphatic rings. The fourth-order valence-electron chi connectivity index (χ4n) is 8.10. The van der Waals surface area contributed by atoms with Crippen molar-refractivity contribution in [2.75, 3.05) is 31.1 Å². The maximum absolute atomic E-state index is 13.9. The number of aryl methyl sites for hydroxylation is 1. The van der Waals surface area contributed by atoms with E-state index in [1.165, 1.54) is 19.3 Å². The average Bonchev–Trinajstić information content (AvgIpc) is 3.32. The van der Waals surface area contributed by atoms with Crippen LogP contribution in [0.15, 0.2) is 36.5 Å². The molecule has 0 N–H and O–H groups in total. The molecule has 188 valence electrons. The zero-order valence-corrected chi connectivity index (χ0v) is 21.3. The van der Waals surface area contributed by atoms with E-state index in [1.807, 2.05) is 29.1 Å². The van der Waals surface area contributed by atoms with E-state index >= 15 is 0 Å². The van der Waals surface area contributed by atoms with Gasteiger partial charge in [-0.2, -0.15) is 5.10 Å². The summed E-state index contributed by atoms with van der Waals surface area (Å²) in [5.41, 5.74) is 1.82. The summed E-state index contributed by atoms with van der Waals surface area (Å²) >= 11 is 0. The molecule has 7 nitrogen and oxygen atoms in total. The van der Waals surface area contributed by atoms with Crippen LogP contribution in [-0.2, 0) is 11.2 Å². The van der Waals surface area contributed by atoms with Crippen molar-refractivity contribution >= 4 is 22.8 Å². The molecular formula is C29H36N6O. The van der Waals surface area contributed by atoms with Gasteiger partial charge in [0.1, 0.15) is 11.6 Å². The van der Waals surface area contributed by atoms with Crippen LogP contribution in [0.1, 0.15) is 57.7 Å². The Morgan fingerprint density at radius 1 is 0.944 bits per heavy atom. The third kappa shape index (κ3) is 3.61. The van der Waals surface area contributed by atoms with Crippen molar-refractivity contribution in [3.05, 3.63) is 42.4 Å². The van der Waals surface area contributed by atoms with Gasteiger partial charge in [0.05, 0.1) is 22.7 Å². The second-order valence-electron chi connectivity index (χ2n) is 11.8. The Balaban J connectivity index is 1.14. The molecule has 3 heterocycles. The lowest BCUT2D eigenvalue weighted by atomic mass is 9.49. The standard InChI is InChI=1S/C29H36N6O/c1-2-6-25-31-26(24-19-30-35(27(24)32-25)23-7-4-3-5-8-23)33-9-11-34(12-10-33)28(36)29-16-20-13-21(17-29)15-22(14-20)18-29/h3-5,7-8,19-22H,2,6,9-18H2,1H3.